The smallest absolute Gasteiger partial charge is 0.125 e. The Hall–Kier alpha value is -1.02. The maximum atomic E-state index is 6.00. The van der Waals surface area contributed by atoms with E-state index >= 15 is 0 Å². The number of hydrogen-bond donors (Lipinski definition) is 1. The molecule has 0 spiro atoms. The van der Waals surface area contributed by atoms with Crippen LogP contribution in [0.2, 0.25) is 0 Å². The first-order valence-corrected chi connectivity index (χ1v) is 7.83. The Balaban J connectivity index is 1.95. The van der Waals surface area contributed by atoms with Crippen molar-refractivity contribution >= 4 is 0 Å². The summed E-state index contributed by atoms with van der Waals surface area (Å²) in [5, 5.41) is 3.54. The zero-order valence-electron chi connectivity index (χ0n) is 13.7. The van der Waals surface area contributed by atoms with Crippen LogP contribution in [-0.4, -0.2) is 12.1 Å². The lowest BCUT2D eigenvalue weighted by Crippen LogP contribution is -2.35. The summed E-state index contributed by atoms with van der Waals surface area (Å²) in [6, 6.07) is 4.50. The zero-order chi connectivity index (χ0) is 14.8. The third-order valence-corrected chi connectivity index (χ3v) is 3.81. The van der Waals surface area contributed by atoms with Gasteiger partial charge in [0.2, 0.25) is 0 Å². The van der Waals surface area contributed by atoms with Crippen molar-refractivity contribution < 1.29 is 4.74 Å². The predicted molar refractivity (Wildman–Crippen MR) is 85.3 cm³/mol. The standard InChI is InChI=1S/C18H29NO/c1-13-10-16(12-19-18(3,4)5)11-14(2)17(13)20-9-8-15-6-7-15/h10-11,15,19H,6-9,12H2,1-5H3. The lowest BCUT2D eigenvalue weighted by molar-refractivity contribution is 0.298. The maximum absolute atomic E-state index is 6.00. The Morgan fingerprint density at radius 1 is 1.15 bits per heavy atom. The van der Waals surface area contributed by atoms with E-state index in [1.807, 2.05) is 0 Å². The van der Waals surface area contributed by atoms with Gasteiger partial charge in [0.25, 0.3) is 0 Å². The van der Waals surface area contributed by atoms with Crippen molar-refractivity contribution in [1.29, 1.82) is 0 Å². The second-order valence-electron chi connectivity index (χ2n) is 7.24. The zero-order valence-corrected chi connectivity index (χ0v) is 13.7. The van der Waals surface area contributed by atoms with Crippen LogP contribution >= 0.6 is 0 Å². The van der Waals surface area contributed by atoms with Gasteiger partial charge in [-0.15, -0.1) is 0 Å². The molecule has 1 saturated carbocycles. The van der Waals surface area contributed by atoms with E-state index in [9.17, 15) is 0 Å². The van der Waals surface area contributed by atoms with Crippen LogP contribution in [0.25, 0.3) is 0 Å². The Bertz CT molecular complexity index is 432. The van der Waals surface area contributed by atoms with Crippen LogP contribution in [0.1, 0.15) is 56.7 Å². The fourth-order valence-electron chi connectivity index (χ4n) is 2.47. The number of nitrogens with one attached hydrogen (secondary N) is 1. The number of ether oxygens (including phenoxy) is 1. The minimum atomic E-state index is 0.154. The quantitative estimate of drug-likeness (QED) is 0.832. The van der Waals surface area contributed by atoms with E-state index in [1.54, 1.807) is 0 Å². The van der Waals surface area contributed by atoms with Crippen molar-refractivity contribution in [2.24, 2.45) is 5.92 Å². The Morgan fingerprint density at radius 2 is 1.75 bits per heavy atom. The summed E-state index contributed by atoms with van der Waals surface area (Å²) < 4.78 is 6.00. The normalized spacial score (nSPS) is 15.4. The molecule has 20 heavy (non-hydrogen) atoms. The molecule has 0 unspecified atom stereocenters. The summed E-state index contributed by atoms with van der Waals surface area (Å²) in [7, 11) is 0. The summed E-state index contributed by atoms with van der Waals surface area (Å²) in [6.07, 6.45) is 4.02. The van der Waals surface area contributed by atoms with Gasteiger partial charge < -0.3 is 10.1 Å². The van der Waals surface area contributed by atoms with Gasteiger partial charge in [-0.25, -0.2) is 0 Å². The maximum Gasteiger partial charge on any atom is 0.125 e. The molecular weight excluding hydrogens is 246 g/mol. The number of benzene rings is 1. The van der Waals surface area contributed by atoms with Crippen molar-refractivity contribution in [1.82, 2.24) is 5.32 Å². The second-order valence-corrected chi connectivity index (χ2v) is 7.24. The molecule has 0 aliphatic heterocycles. The van der Waals surface area contributed by atoms with Crippen molar-refractivity contribution in [3.63, 3.8) is 0 Å². The van der Waals surface area contributed by atoms with Crippen LogP contribution in [0.15, 0.2) is 12.1 Å². The van der Waals surface area contributed by atoms with E-state index in [2.05, 4.69) is 52.1 Å². The Morgan fingerprint density at radius 3 is 2.25 bits per heavy atom. The van der Waals surface area contributed by atoms with Crippen molar-refractivity contribution in [2.75, 3.05) is 6.61 Å². The van der Waals surface area contributed by atoms with Gasteiger partial charge in [-0.3, -0.25) is 0 Å². The first kappa shape index (κ1) is 15.4. The van der Waals surface area contributed by atoms with Gasteiger partial charge in [0, 0.05) is 12.1 Å². The third-order valence-electron chi connectivity index (χ3n) is 3.81. The highest BCUT2D eigenvalue weighted by molar-refractivity contribution is 5.43. The van der Waals surface area contributed by atoms with Gasteiger partial charge in [-0.05, 0) is 63.6 Å². The van der Waals surface area contributed by atoms with Crippen molar-refractivity contribution in [3.05, 3.63) is 28.8 Å². The molecule has 2 heteroatoms. The van der Waals surface area contributed by atoms with Crippen LogP contribution in [0.5, 0.6) is 5.75 Å². The van der Waals surface area contributed by atoms with Gasteiger partial charge in [-0.1, -0.05) is 25.0 Å². The van der Waals surface area contributed by atoms with E-state index in [1.165, 1.54) is 36.0 Å². The van der Waals surface area contributed by atoms with E-state index in [0.29, 0.717) is 0 Å². The predicted octanol–water partition coefficient (Wildman–Crippen LogP) is 4.37. The first-order valence-electron chi connectivity index (χ1n) is 7.83. The van der Waals surface area contributed by atoms with Gasteiger partial charge in [-0.2, -0.15) is 0 Å². The fourth-order valence-corrected chi connectivity index (χ4v) is 2.47. The molecule has 0 atom stereocenters. The highest BCUT2D eigenvalue weighted by atomic mass is 16.5. The average molecular weight is 275 g/mol. The molecule has 1 aliphatic carbocycles. The third kappa shape index (κ3) is 4.82. The molecule has 1 fully saturated rings. The van der Waals surface area contributed by atoms with E-state index < -0.39 is 0 Å². The number of hydrogen-bond acceptors (Lipinski definition) is 2. The summed E-state index contributed by atoms with van der Waals surface area (Å²) in [5.74, 6) is 2.02. The van der Waals surface area contributed by atoms with E-state index in [-0.39, 0.29) is 5.54 Å². The van der Waals surface area contributed by atoms with Gasteiger partial charge >= 0.3 is 0 Å². The topological polar surface area (TPSA) is 21.3 Å². The molecule has 1 aromatic carbocycles. The van der Waals surface area contributed by atoms with E-state index in [4.69, 9.17) is 4.74 Å². The molecular formula is C18H29NO. The largest absolute Gasteiger partial charge is 0.493 e. The van der Waals surface area contributed by atoms with Crippen LogP contribution in [0.3, 0.4) is 0 Å². The molecule has 1 N–H and O–H groups in total. The minimum absolute atomic E-state index is 0.154. The van der Waals surface area contributed by atoms with Gasteiger partial charge in [0.1, 0.15) is 5.75 Å². The first-order chi connectivity index (χ1) is 9.35. The minimum Gasteiger partial charge on any atom is -0.493 e. The van der Waals surface area contributed by atoms with Crippen LogP contribution in [-0.2, 0) is 6.54 Å². The summed E-state index contributed by atoms with van der Waals surface area (Å²) in [6.45, 7) is 12.7. The molecule has 0 saturated heterocycles. The summed E-state index contributed by atoms with van der Waals surface area (Å²) in [5.41, 5.74) is 4.00. The molecule has 112 valence electrons. The second kappa shape index (κ2) is 6.17. The highest BCUT2D eigenvalue weighted by Gasteiger charge is 2.21. The monoisotopic (exact) mass is 275 g/mol. The lowest BCUT2D eigenvalue weighted by atomic mass is 10.0. The molecule has 0 radical (unpaired) electrons. The van der Waals surface area contributed by atoms with Crippen LogP contribution in [0, 0.1) is 19.8 Å². The fraction of sp³-hybridized carbons (Fsp3) is 0.667. The average Bonchev–Trinajstić information content (AvgIpc) is 3.13. The number of rotatable bonds is 6. The Labute approximate surface area is 123 Å². The Kier molecular flexibility index (Phi) is 4.74. The van der Waals surface area contributed by atoms with Crippen LogP contribution in [0.4, 0.5) is 0 Å². The number of aryl methyl sites for hydroxylation is 2. The highest BCUT2D eigenvalue weighted by Crippen LogP contribution is 2.33. The molecule has 2 nitrogen and oxygen atoms in total. The molecule has 0 bridgehead atoms. The SMILES string of the molecule is Cc1cc(CNC(C)(C)C)cc(C)c1OCCC1CC1. The van der Waals surface area contributed by atoms with Crippen molar-refractivity contribution in [3.8, 4) is 5.75 Å². The molecule has 0 heterocycles. The van der Waals surface area contributed by atoms with Gasteiger partial charge in [0.05, 0.1) is 6.61 Å². The van der Waals surface area contributed by atoms with Crippen molar-refractivity contribution in [2.45, 2.75) is 66.0 Å². The van der Waals surface area contributed by atoms with Crippen LogP contribution < -0.4 is 10.1 Å². The molecule has 0 aromatic heterocycles. The lowest BCUT2D eigenvalue weighted by Gasteiger charge is -2.21. The van der Waals surface area contributed by atoms with Gasteiger partial charge in [0.15, 0.2) is 0 Å². The molecule has 0 amide bonds. The summed E-state index contributed by atoms with van der Waals surface area (Å²) >= 11 is 0. The van der Waals surface area contributed by atoms with E-state index in [0.717, 1.165) is 24.8 Å². The molecule has 1 aromatic rings. The molecule has 2 rings (SSSR count). The summed E-state index contributed by atoms with van der Waals surface area (Å²) in [4.78, 5) is 0. The molecule has 1 aliphatic rings.